The molecule has 0 radical (unpaired) electrons. The van der Waals surface area contributed by atoms with Crippen LogP contribution in [0.3, 0.4) is 0 Å². The molecule has 2 aromatic carbocycles. The second-order valence-corrected chi connectivity index (χ2v) is 7.87. The molecule has 0 aliphatic rings. The van der Waals surface area contributed by atoms with Gasteiger partial charge >= 0.3 is 0 Å². The standard InChI is InChI=1S/C20H26N2O6S/c1-5-28-16-7-9-17(10-8-16)29(24,25)22-14(2)20(23)21-13-15-6-11-18(26-3)19(12-15)27-4/h6-12,14,22H,5,13H2,1-4H3,(H,21,23). The summed E-state index contributed by atoms with van der Waals surface area (Å²) in [6, 6.07) is 10.3. The Bertz CT molecular complexity index is 928. The van der Waals surface area contributed by atoms with Crippen molar-refractivity contribution in [1.29, 1.82) is 0 Å². The molecule has 0 saturated heterocycles. The summed E-state index contributed by atoms with van der Waals surface area (Å²) in [5.41, 5.74) is 0.789. The van der Waals surface area contributed by atoms with Crippen LogP contribution in [0.2, 0.25) is 0 Å². The van der Waals surface area contributed by atoms with Crippen LogP contribution in [0.25, 0.3) is 0 Å². The molecule has 2 rings (SSSR count). The normalized spacial score (nSPS) is 12.1. The Kier molecular flexibility index (Phi) is 7.86. The van der Waals surface area contributed by atoms with Crippen molar-refractivity contribution in [2.24, 2.45) is 0 Å². The molecule has 0 aromatic heterocycles. The second-order valence-electron chi connectivity index (χ2n) is 6.15. The highest BCUT2D eigenvalue weighted by molar-refractivity contribution is 7.89. The number of hydrogen-bond donors (Lipinski definition) is 2. The van der Waals surface area contributed by atoms with Gasteiger partial charge in [0, 0.05) is 6.54 Å². The molecule has 8 nitrogen and oxygen atoms in total. The lowest BCUT2D eigenvalue weighted by Crippen LogP contribution is -2.44. The molecular formula is C20H26N2O6S. The summed E-state index contributed by atoms with van der Waals surface area (Å²) >= 11 is 0. The van der Waals surface area contributed by atoms with Crippen molar-refractivity contribution < 1.29 is 27.4 Å². The second kappa shape index (κ2) is 10.1. The average molecular weight is 423 g/mol. The zero-order valence-electron chi connectivity index (χ0n) is 16.9. The van der Waals surface area contributed by atoms with Crippen molar-refractivity contribution in [3.63, 3.8) is 0 Å². The van der Waals surface area contributed by atoms with Crippen LogP contribution in [-0.4, -0.2) is 41.2 Å². The molecule has 0 saturated carbocycles. The Morgan fingerprint density at radius 2 is 1.69 bits per heavy atom. The molecule has 158 valence electrons. The van der Waals surface area contributed by atoms with E-state index in [-0.39, 0.29) is 11.4 Å². The fourth-order valence-electron chi connectivity index (χ4n) is 2.57. The van der Waals surface area contributed by atoms with Crippen molar-refractivity contribution >= 4 is 15.9 Å². The van der Waals surface area contributed by atoms with E-state index in [0.29, 0.717) is 23.9 Å². The maximum absolute atomic E-state index is 12.5. The zero-order valence-corrected chi connectivity index (χ0v) is 17.7. The summed E-state index contributed by atoms with van der Waals surface area (Å²) in [4.78, 5) is 12.4. The van der Waals surface area contributed by atoms with E-state index in [1.807, 2.05) is 6.92 Å². The number of ether oxygens (including phenoxy) is 3. The van der Waals surface area contributed by atoms with Gasteiger partial charge in [0.15, 0.2) is 11.5 Å². The molecule has 0 aliphatic carbocycles. The largest absolute Gasteiger partial charge is 0.494 e. The molecule has 2 N–H and O–H groups in total. The Balaban J connectivity index is 1.97. The van der Waals surface area contributed by atoms with Crippen LogP contribution in [-0.2, 0) is 21.4 Å². The van der Waals surface area contributed by atoms with E-state index in [1.165, 1.54) is 33.3 Å². The molecular weight excluding hydrogens is 396 g/mol. The topological polar surface area (TPSA) is 103 Å². The third-order valence-electron chi connectivity index (χ3n) is 4.08. The SMILES string of the molecule is CCOc1ccc(S(=O)(=O)NC(C)C(=O)NCc2ccc(OC)c(OC)c2)cc1. The Hall–Kier alpha value is -2.78. The molecule has 1 unspecified atom stereocenters. The minimum Gasteiger partial charge on any atom is -0.494 e. The van der Waals surface area contributed by atoms with Crippen LogP contribution in [0.15, 0.2) is 47.4 Å². The lowest BCUT2D eigenvalue weighted by molar-refractivity contribution is -0.122. The Morgan fingerprint density at radius 3 is 2.28 bits per heavy atom. The summed E-state index contributed by atoms with van der Waals surface area (Å²) in [6.45, 7) is 4.03. The summed E-state index contributed by atoms with van der Waals surface area (Å²) < 4.78 is 43.0. The van der Waals surface area contributed by atoms with Gasteiger partial charge in [0.05, 0.1) is 31.8 Å². The summed E-state index contributed by atoms with van der Waals surface area (Å²) in [5.74, 6) is 1.25. The van der Waals surface area contributed by atoms with Crippen molar-refractivity contribution in [2.75, 3.05) is 20.8 Å². The van der Waals surface area contributed by atoms with E-state index in [2.05, 4.69) is 10.0 Å². The smallest absolute Gasteiger partial charge is 0.241 e. The number of benzene rings is 2. The fourth-order valence-corrected chi connectivity index (χ4v) is 3.77. The first-order valence-corrected chi connectivity index (χ1v) is 10.5. The van der Waals surface area contributed by atoms with Gasteiger partial charge in [-0.1, -0.05) is 6.07 Å². The molecule has 0 aliphatic heterocycles. The molecule has 0 fully saturated rings. The molecule has 29 heavy (non-hydrogen) atoms. The van der Waals surface area contributed by atoms with Crippen LogP contribution in [0.1, 0.15) is 19.4 Å². The minimum absolute atomic E-state index is 0.0560. The number of hydrogen-bond acceptors (Lipinski definition) is 6. The van der Waals surface area contributed by atoms with Crippen molar-refractivity contribution in [3.05, 3.63) is 48.0 Å². The molecule has 9 heteroatoms. The van der Waals surface area contributed by atoms with Gasteiger partial charge in [-0.05, 0) is 55.8 Å². The molecule has 0 spiro atoms. The number of nitrogens with one attached hydrogen (secondary N) is 2. The van der Waals surface area contributed by atoms with E-state index >= 15 is 0 Å². The molecule has 1 atom stereocenters. The predicted octanol–water partition coefficient (Wildman–Crippen LogP) is 2.09. The summed E-state index contributed by atoms with van der Waals surface area (Å²) in [6.07, 6.45) is 0. The molecule has 0 bridgehead atoms. The highest BCUT2D eigenvalue weighted by Crippen LogP contribution is 2.27. The van der Waals surface area contributed by atoms with Gasteiger partial charge in [-0.15, -0.1) is 0 Å². The Morgan fingerprint density at radius 1 is 1.03 bits per heavy atom. The first-order valence-electron chi connectivity index (χ1n) is 9.04. The Labute approximate surface area is 171 Å². The van der Waals surface area contributed by atoms with Crippen LogP contribution >= 0.6 is 0 Å². The van der Waals surface area contributed by atoms with Crippen LogP contribution < -0.4 is 24.2 Å². The molecule has 1 amide bonds. The monoisotopic (exact) mass is 422 g/mol. The van der Waals surface area contributed by atoms with E-state index < -0.39 is 22.0 Å². The van der Waals surface area contributed by atoms with Gasteiger partial charge in [-0.3, -0.25) is 4.79 Å². The number of methoxy groups -OCH3 is 2. The molecule has 0 heterocycles. The van der Waals surface area contributed by atoms with Crippen molar-refractivity contribution in [3.8, 4) is 17.2 Å². The van der Waals surface area contributed by atoms with Crippen LogP contribution in [0, 0.1) is 0 Å². The van der Waals surface area contributed by atoms with Gasteiger partial charge in [0.25, 0.3) is 0 Å². The van der Waals surface area contributed by atoms with E-state index in [1.54, 1.807) is 30.3 Å². The summed E-state index contributed by atoms with van der Waals surface area (Å²) in [7, 11) is -0.777. The third kappa shape index (κ3) is 6.10. The maximum atomic E-state index is 12.5. The number of amides is 1. The first kappa shape index (κ1) is 22.5. The number of rotatable bonds is 10. The van der Waals surface area contributed by atoms with Gasteiger partial charge in [0.1, 0.15) is 5.75 Å². The number of sulfonamides is 1. The van der Waals surface area contributed by atoms with Gasteiger partial charge in [0.2, 0.25) is 15.9 Å². The quantitative estimate of drug-likeness (QED) is 0.608. The predicted molar refractivity (Wildman–Crippen MR) is 109 cm³/mol. The van der Waals surface area contributed by atoms with E-state index in [9.17, 15) is 13.2 Å². The minimum atomic E-state index is -3.84. The fraction of sp³-hybridized carbons (Fsp3) is 0.350. The van der Waals surface area contributed by atoms with E-state index in [4.69, 9.17) is 14.2 Å². The maximum Gasteiger partial charge on any atom is 0.241 e. The van der Waals surface area contributed by atoms with E-state index in [0.717, 1.165) is 5.56 Å². The lowest BCUT2D eigenvalue weighted by atomic mass is 10.2. The van der Waals surface area contributed by atoms with Crippen molar-refractivity contribution in [2.45, 2.75) is 31.3 Å². The van der Waals surface area contributed by atoms with Crippen LogP contribution in [0.5, 0.6) is 17.2 Å². The first-order chi connectivity index (χ1) is 13.8. The zero-order chi connectivity index (χ0) is 21.4. The highest BCUT2D eigenvalue weighted by Gasteiger charge is 2.22. The molecule has 2 aromatic rings. The highest BCUT2D eigenvalue weighted by atomic mass is 32.2. The number of carbonyl (C=O) groups is 1. The van der Waals surface area contributed by atoms with Crippen molar-refractivity contribution in [1.82, 2.24) is 10.0 Å². The summed E-state index contributed by atoms with van der Waals surface area (Å²) in [5, 5.41) is 2.71. The van der Waals surface area contributed by atoms with Gasteiger partial charge in [-0.2, -0.15) is 4.72 Å². The number of carbonyl (C=O) groups excluding carboxylic acids is 1. The van der Waals surface area contributed by atoms with Crippen LogP contribution in [0.4, 0.5) is 0 Å². The lowest BCUT2D eigenvalue weighted by Gasteiger charge is -2.15. The van der Waals surface area contributed by atoms with Gasteiger partial charge < -0.3 is 19.5 Å². The third-order valence-corrected chi connectivity index (χ3v) is 5.64. The van der Waals surface area contributed by atoms with Gasteiger partial charge in [-0.25, -0.2) is 8.42 Å². The average Bonchev–Trinajstić information content (AvgIpc) is 2.72.